The second-order valence-electron chi connectivity index (χ2n) is 13.7. The fourth-order valence-electron chi connectivity index (χ4n) is 8.49. The van der Waals surface area contributed by atoms with Crippen molar-refractivity contribution in [1.82, 2.24) is 14.9 Å². The lowest BCUT2D eigenvalue weighted by Gasteiger charge is -2.33. The number of amides is 1. The van der Waals surface area contributed by atoms with E-state index in [4.69, 9.17) is 24.2 Å². The van der Waals surface area contributed by atoms with Crippen LogP contribution in [0.2, 0.25) is 0 Å². The number of ether oxygens (including phenoxy) is 3. The minimum absolute atomic E-state index is 0.0646. The predicted octanol–water partition coefficient (Wildman–Crippen LogP) is 6.24. The Morgan fingerprint density at radius 1 is 0.889 bits per heavy atom. The van der Waals surface area contributed by atoms with Crippen LogP contribution in [-0.4, -0.2) is 64.9 Å². The Morgan fingerprint density at radius 2 is 1.64 bits per heavy atom. The van der Waals surface area contributed by atoms with Gasteiger partial charge >= 0.3 is 5.97 Å². The van der Waals surface area contributed by atoms with Gasteiger partial charge in [-0.25, -0.2) is 9.97 Å². The first-order valence-electron chi connectivity index (χ1n) is 17.5. The zero-order chi connectivity index (χ0) is 31.3. The summed E-state index contributed by atoms with van der Waals surface area (Å²) in [4.78, 5) is 52.2. The van der Waals surface area contributed by atoms with E-state index in [1.807, 2.05) is 25.1 Å². The van der Waals surface area contributed by atoms with Crippen molar-refractivity contribution in [2.45, 2.75) is 121 Å². The predicted molar refractivity (Wildman–Crippen MR) is 170 cm³/mol. The number of methoxy groups -OCH3 is 1. The van der Waals surface area contributed by atoms with Crippen molar-refractivity contribution in [2.75, 3.05) is 13.7 Å². The van der Waals surface area contributed by atoms with Gasteiger partial charge in [-0.1, -0.05) is 39.0 Å². The maximum absolute atomic E-state index is 14.5. The first-order chi connectivity index (χ1) is 22.0. The number of aryl methyl sites for hydroxylation is 1. The molecule has 4 aliphatic rings. The zero-order valence-corrected chi connectivity index (χ0v) is 27.0. The number of carbonyl (C=O) groups excluding carboxylic acids is 3. The first kappa shape index (κ1) is 31.7. The van der Waals surface area contributed by atoms with Gasteiger partial charge in [0.25, 0.3) is 0 Å². The van der Waals surface area contributed by atoms with Crippen molar-refractivity contribution in [3.8, 4) is 11.6 Å². The van der Waals surface area contributed by atoms with Crippen molar-refractivity contribution in [1.29, 1.82) is 0 Å². The minimum Gasteiger partial charge on any atom is -0.497 e. The Kier molecular flexibility index (Phi) is 10.2. The standard InChI is InChI=1S/C36H49N3O6/c1-3-26-31(22-40)39-21-33(26)45-35-29(37-28-18-17-25(43-2)19-30(28)38-35)15-9-5-8-13-24-14-10-16-32(24)44-34(41)20-27(36(39)42)23-11-6-4-7-12-23/h17-19,22-24,26-27,31-33H,3-16,20-21H2,1-2H3/t24-,26+,27+,31-,32-,33+/m1/s1. The lowest BCUT2D eigenvalue weighted by molar-refractivity contribution is -0.156. The average molecular weight is 620 g/mol. The molecule has 1 amide bonds. The van der Waals surface area contributed by atoms with E-state index in [9.17, 15) is 14.4 Å². The van der Waals surface area contributed by atoms with Gasteiger partial charge in [-0.3, -0.25) is 9.59 Å². The molecule has 2 bridgehead atoms. The van der Waals surface area contributed by atoms with Crippen molar-refractivity contribution >= 4 is 29.2 Å². The van der Waals surface area contributed by atoms with Crippen molar-refractivity contribution < 1.29 is 28.6 Å². The summed E-state index contributed by atoms with van der Waals surface area (Å²) in [6.07, 6.45) is 14.1. The first-order valence-corrected chi connectivity index (χ1v) is 17.5. The second kappa shape index (κ2) is 14.5. The molecule has 2 aliphatic carbocycles. The van der Waals surface area contributed by atoms with E-state index >= 15 is 0 Å². The van der Waals surface area contributed by atoms with Crippen LogP contribution in [-0.2, 0) is 25.5 Å². The molecule has 1 aromatic carbocycles. The molecule has 3 fully saturated rings. The molecular formula is C36H49N3O6. The summed E-state index contributed by atoms with van der Waals surface area (Å²) in [6, 6.07) is 5.06. The topological polar surface area (TPSA) is 108 Å². The van der Waals surface area contributed by atoms with Gasteiger partial charge in [0, 0.05) is 12.0 Å². The number of nitrogens with zero attached hydrogens (tertiary/aromatic N) is 3. The highest BCUT2D eigenvalue weighted by molar-refractivity contribution is 5.87. The molecular weight excluding hydrogens is 570 g/mol. The van der Waals surface area contributed by atoms with Crippen LogP contribution in [0.25, 0.3) is 11.0 Å². The summed E-state index contributed by atoms with van der Waals surface area (Å²) in [6.45, 7) is 2.31. The molecule has 6 atom stereocenters. The lowest BCUT2D eigenvalue weighted by atomic mass is 9.77. The number of carbonyl (C=O) groups is 3. The van der Waals surface area contributed by atoms with Crippen molar-refractivity contribution in [3.05, 3.63) is 23.9 Å². The summed E-state index contributed by atoms with van der Waals surface area (Å²) >= 11 is 0. The summed E-state index contributed by atoms with van der Waals surface area (Å²) in [5, 5.41) is 0. The Labute approximate surface area is 266 Å². The molecule has 9 nitrogen and oxygen atoms in total. The molecule has 2 aliphatic heterocycles. The molecule has 1 aromatic heterocycles. The van der Waals surface area contributed by atoms with Crippen molar-refractivity contribution in [3.63, 3.8) is 0 Å². The average Bonchev–Trinajstić information content (AvgIpc) is 3.66. The highest BCUT2D eigenvalue weighted by Crippen LogP contribution is 2.39. The number of esters is 1. The van der Waals surface area contributed by atoms with Crippen LogP contribution in [0.15, 0.2) is 18.2 Å². The van der Waals surface area contributed by atoms with Gasteiger partial charge in [0.15, 0.2) is 0 Å². The number of hydrogen-bond donors (Lipinski definition) is 0. The molecule has 45 heavy (non-hydrogen) atoms. The Hall–Kier alpha value is -3.23. The summed E-state index contributed by atoms with van der Waals surface area (Å²) in [5.41, 5.74) is 2.28. The fraction of sp³-hybridized carbons (Fsp3) is 0.694. The van der Waals surface area contributed by atoms with Crippen molar-refractivity contribution in [2.24, 2.45) is 23.7 Å². The highest BCUT2D eigenvalue weighted by Gasteiger charge is 2.48. The van der Waals surface area contributed by atoms with Gasteiger partial charge in [-0.15, -0.1) is 0 Å². The molecule has 1 saturated heterocycles. The Bertz CT molecular complexity index is 1360. The lowest BCUT2D eigenvalue weighted by Crippen LogP contribution is -2.45. The molecule has 0 radical (unpaired) electrons. The van der Waals surface area contributed by atoms with Gasteiger partial charge in [-0.05, 0) is 81.8 Å². The number of fused-ring (bicyclic) bond motifs is 5. The van der Waals surface area contributed by atoms with E-state index in [-0.39, 0.29) is 42.8 Å². The van der Waals surface area contributed by atoms with Crippen LogP contribution in [0.5, 0.6) is 11.6 Å². The van der Waals surface area contributed by atoms with Gasteiger partial charge in [0.1, 0.15) is 29.9 Å². The number of hydrogen-bond acceptors (Lipinski definition) is 8. The van der Waals surface area contributed by atoms with Gasteiger partial charge in [0.2, 0.25) is 11.8 Å². The van der Waals surface area contributed by atoms with Crippen LogP contribution in [0, 0.1) is 23.7 Å². The molecule has 0 N–H and O–H groups in total. The number of benzene rings is 1. The summed E-state index contributed by atoms with van der Waals surface area (Å²) < 4.78 is 18.3. The maximum Gasteiger partial charge on any atom is 0.306 e. The minimum atomic E-state index is -0.618. The van der Waals surface area contributed by atoms with Gasteiger partial charge < -0.3 is 23.9 Å². The van der Waals surface area contributed by atoms with Crippen LogP contribution < -0.4 is 9.47 Å². The highest BCUT2D eigenvalue weighted by atomic mass is 16.5. The largest absolute Gasteiger partial charge is 0.497 e. The van der Waals surface area contributed by atoms with E-state index in [2.05, 4.69) is 0 Å². The quantitative estimate of drug-likeness (QED) is 0.293. The third-order valence-corrected chi connectivity index (χ3v) is 11.0. The molecule has 9 heteroatoms. The van der Waals surface area contributed by atoms with E-state index in [0.29, 0.717) is 29.5 Å². The number of aldehydes is 1. The SMILES string of the molecule is CC[C@@H]1[C@@H]2CN(C(=O)[C@H](C3CCCCC3)CC(=O)O[C@@H]3CCC[C@H]3CCCCCc3nc4ccc(OC)cc4nc3O2)[C@@H]1C=O. The summed E-state index contributed by atoms with van der Waals surface area (Å²) in [5.74, 6) is 0.603. The second-order valence-corrected chi connectivity index (χ2v) is 13.7. The number of aromatic nitrogens is 2. The maximum atomic E-state index is 14.5. The molecule has 244 valence electrons. The van der Waals surface area contributed by atoms with Crippen LogP contribution in [0.4, 0.5) is 0 Å². The Balaban J connectivity index is 1.35. The zero-order valence-electron chi connectivity index (χ0n) is 27.0. The normalized spacial score (nSPS) is 30.5. The van der Waals surface area contributed by atoms with E-state index in [1.54, 1.807) is 12.0 Å². The molecule has 2 saturated carbocycles. The molecule has 3 heterocycles. The molecule has 2 aromatic rings. The monoisotopic (exact) mass is 619 g/mol. The molecule has 6 rings (SSSR count). The van der Waals surface area contributed by atoms with E-state index < -0.39 is 18.1 Å². The molecule has 0 unspecified atom stereocenters. The summed E-state index contributed by atoms with van der Waals surface area (Å²) in [7, 11) is 1.63. The van der Waals surface area contributed by atoms with E-state index in [1.165, 1.54) is 0 Å². The fourth-order valence-corrected chi connectivity index (χ4v) is 8.49. The third-order valence-electron chi connectivity index (χ3n) is 11.0. The van der Waals surface area contributed by atoms with Gasteiger partial charge in [-0.2, -0.15) is 0 Å². The van der Waals surface area contributed by atoms with Crippen LogP contribution >= 0.6 is 0 Å². The molecule has 0 spiro atoms. The van der Waals surface area contributed by atoms with E-state index in [0.717, 1.165) is 101 Å². The number of rotatable bonds is 4. The van der Waals surface area contributed by atoms with Gasteiger partial charge in [0.05, 0.1) is 43.1 Å². The Morgan fingerprint density at radius 3 is 2.40 bits per heavy atom. The smallest absolute Gasteiger partial charge is 0.306 e. The van der Waals surface area contributed by atoms with Crippen LogP contribution in [0.3, 0.4) is 0 Å². The third kappa shape index (κ3) is 6.97. The van der Waals surface area contributed by atoms with Crippen LogP contribution in [0.1, 0.15) is 103 Å².